The number of halogens is 1. The maximum atomic E-state index is 5.32. The van der Waals surface area contributed by atoms with Crippen molar-refractivity contribution in [3.05, 3.63) is 59.9 Å². The van der Waals surface area contributed by atoms with Crippen LogP contribution in [-0.2, 0) is 13.6 Å². The number of hydrogen-bond acceptors (Lipinski definition) is 3. The molecule has 1 N–H and O–H groups in total. The van der Waals surface area contributed by atoms with Crippen LogP contribution < -0.4 is 10.1 Å². The van der Waals surface area contributed by atoms with E-state index in [0.717, 1.165) is 37.8 Å². The molecule has 3 aromatic rings. The van der Waals surface area contributed by atoms with Crippen molar-refractivity contribution in [3.63, 3.8) is 0 Å². The van der Waals surface area contributed by atoms with Crippen LogP contribution in [0.4, 0.5) is 0 Å². The van der Waals surface area contributed by atoms with Crippen molar-refractivity contribution in [1.29, 1.82) is 0 Å². The molecule has 6 nitrogen and oxygen atoms in total. The molecule has 160 valence electrons. The Kier molecular flexibility index (Phi) is 7.58. The van der Waals surface area contributed by atoms with E-state index in [1.807, 2.05) is 24.0 Å². The third-order valence-electron chi connectivity index (χ3n) is 5.54. The van der Waals surface area contributed by atoms with Crippen LogP contribution in [0.1, 0.15) is 30.4 Å². The second-order valence-corrected chi connectivity index (χ2v) is 7.60. The summed E-state index contributed by atoms with van der Waals surface area (Å²) in [5.74, 6) is 2.40. The van der Waals surface area contributed by atoms with Gasteiger partial charge in [-0.05, 0) is 53.4 Å². The number of guanidine groups is 1. The lowest BCUT2D eigenvalue weighted by Crippen LogP contribution is -2.40. The number of likely N-dealkylation sites (tertiary alicyclic amines) is 1. The van der Waals surface area contributed by atoms with Crippen LogP contribution in [0.3, 0.4) is 0 Å². The smallest absolute Gasteiger partial charge is 0.194 e. The Morgan fingerprint density at radius 2 is 2.03 bits per heavy atom. The summed E-state index contributed by atoms with van der Waals surface area (Å²) in [7, 11) is 3.67. The number of hydrogen-bond donors (Lipinski definition) is 1. The highest BCUT2D eigenvalue weighted by Crippen LogP contribution is 2.27. The summed E-state index contributed by atoms with van der Waals surface area (Å²) in [6.07, 6.45) is 5.25. The second-order valence-electron chi connectivity index (χ2n) is 7.60. The van der Waals surface area contributed by atoms with Crippen molar-refractivity contribution in [1.82, 2.24) is 20.0 Å². The molecule has 30 heavy (non-hydrogen) atoms. The Morgan fingerprint density at radius 1 is 1.23 bits per heavy atom. The van der Waals surface area contributed by atoms with Crippen LogP contribution in [0.15, 0.2) is 53.8 Å². The van der Waals surface area contributed by atoms with E-state index in [0.29, 0.717) is 12.5 Å². The topological polar surface area (TPSA) is 54.7 Å². The van der Waals surface area contributed by atoms with Crippen molar-refractivity contribution < 1.29 is 4.74 Å². The standard InChI is InChI=1S/C23H29N5O.HI/c1-4-24-23(28-10-9-20(16-28)21-14-26-27(2)15-21)25-13-17-5-6-19-12-22(29-3)8-7-18(19)11-17;/h5-8,11-12,14-15,20H,4,9-10,13,16H2,1-3H3,(H,24,25);1H. The molecule has 1 unspecified atom stereocenters. The monoisotopic (exact) mass is 519 g/mol. The summed E-state index contributed by atoms with van der Waals surface area (Å²) in [6, 6.07) is 12.7. The van der Waals surface area contributed by atoms with E-state index in [4.69, 9.17) is 9.73 Å². The van der Waals surface area contributed by atoms with Crippen LogP contribution >= 0.6 is 24.0 Å². The van der Waals surface area contributed by atoms with Gasteiger partial charge in [-0.1, -0.05) is 18.2 Å². The molecule has 1 aliphatic heterocycles. The summed E-state index contributed by atoms with van der Waals surface area (Å²) in [6.45, 7) is 5.65. The summed E-state index contributed by atoms with van der Waals surface area (Å²) < 4.78 is 7.20. The predicted molar refractivity (Wildman–Crippen MR) is 133 cm³/mol. The zero-order chi connectivity index (χ0) is 20.2. The number of benzene rings is 2. The van der Waals surface area contributed by atoms with Crippen molar-refractivity contribution >= 4 is 40.7 Å². The molecule has 7 heteroatoms. The molecule has 1 aromatic heterocycles. The van der Waals surface area contributed by atoms with E-state index in [9.17, 15) is 0 Å². The van der Waals surface area contributed by atoms with E-state index in [1.165, 1.54) is 21.9 Å². The van der Waals surface area contributed by atoms with E-state index in [1.54, 1.807) is 7.11 Å². The largest absolute Gasteiger partial charge is 0.497 e. The fraction of sp³-hybridized carbons (Fsp3) is 0.391. The summed E-state index contributed by atoms with van der Waals surface area (Å²) >= 11 is 0. The number of rotatable bonds is 5. The van der Waals surface area contributed by atoms with Crippen LogP contribution in [0.2, 0.25) is 0 Å². The second kappa shape index (κ2) is 10.1. The Morgan fingerprint density at radius 3 is 2.77 bits per heavy atom. The van der Waals surface area contributed by atoms with Crippen molar-refractivity contribution in [2.45, 2.75) is 25.8 Å². The first-order valence-corrected chi connectivity index (χ1v) is 10.2. The Hall–Kier alpha value is -2.29. The number of nitrogens with one attached hydrogen (secondary N) is 1. The maximum absolute atomic E-state index is 5.32. The van der Waals surface area contributed by atoms with Gasteiger partial charge in [-0.25, -0.2) is 4.99 Å². The molecule has 0 amide bonds. The highest BCUT2D eigenvalue weighted by Gasteiger charge is 2.26. The molecule has 1 aliphatic rings. The van der Waals surface area contributed by atoms with E-state index >= 15 is 0 Å². The quantitative estimate of drug-likeness (QED) is 0.313. The minimum absolute atomic E-state index is 0. The van der Waals surface area contributed by atoms with Crippen LogP contribution in [0.25, 0.3) is 10.8 Å². The number of aliphatic imine (C=N–C) groups is 1. The molecule has 4 rings (SSSR count). The third kappa shape index (κ3) is 5.06. The predicted octanol–water partition coefficient (Wildman–Crippen LogP) is 4.15. The van der Waals surface area contributed by atoms with Gasteiger partial charge >= 0.3 is 0 Å². The number of fused-ring (bicyclic) bond motifs is 1. The Labute approximate surface area is 195 Å². The van der Waals surface area contributed by atoms with Gasteiger partial charge in [0.05, 0.1) is 19.9 Å². The minimum Gasteiger partial charge on any atom is -0.497 e. The van der Waals surface area contributed by atoms with E-state index in [-0.39, 0.29) is 24.0 Å². The van der Waals surface area contributed by atoms with Gasteiger partial charge in [0.15, 0.2) is 5.96 Å². The van der Waals surface area contributed by atoms with Crippen molar-refractivity contribution in [2.24, 2.45) is 12.0 Å². The van der Waals surface area contributed by atoms with Crippen molar-refractivity contribution in [2.75, 3.05) is 26.7 Å². The van der Waals surface area contributed by atoms with Gasteiger partial charge < -0.3 is 15.0 Å². The zero-order valence-corrected chi connectivity index (χ0v) is 20.2. The van der Waals surface area contributed by atoms with Gasteiger partial charge in [0.2, 0.25) is 0 Å². The Bertz CT molecular complexity index is 1020. The first kappa shape index (κ1) is 22.4. The molecule has 1 fully saturated rings. The van der Waals surface area contributed by atoms with Gasteiger partial charge in [-0.15, -0.1) is 24.0 Å². The van der Waals surface area contributed by atoms with Gasteiger partial charge in [0, 0.05) is 38.8 Å². The van der Waals surface area contributed by atoms with Gasteiger partial charge in [0.25, 0.3) is 0 Å². The molecule has 0 radical (unpaired) electrons. The van der Waals surface area contributed by atoms with Crippen LogP contribution in [0.5, 0.6) is 5.75 Å². The molecule has 0 spiro atoms. The number of aryl methyl sites for hydroxylation is 1. The molecule has 0 bridgehead atoms. The summed E-state index contributed by atoms with van der Waals surface area (Å²) in [5, 5.41) is 10.2. The first-order chi connectivity index (χ1) is 14.2. The third-order valence-corrected chi connectivity index (χ3v) is 5.54. The lowest BCUT2D eigenvalue weighted by atomic mass is 10.0. The molecule has 0 saturated carbocycles. The molecular weight excluding hydrogens is 489 g/mol. The highest BCUT2D eigenvalue weighted by atomic mass is 127. The fourth-order valence-corrected chi connectivity index (χ4v) is 3.97. The van der Waals surface area contributed by atoms with Crippen molar-refractivity contribution in [3.8, 4) is 5.75 Å². The maximum Gasteiger partial charge on any atom is 0.194 e. The number of methoxy groups -OCH3 is 1. The van der Waals surface area contributed by atoms with Gasteiger partial charge in [0.1, 0.15) is 5.75 Å². The number of aromatic nitrogens is 2. The average Bonchev–Trinajstić information content (AvgIpc) is 3.39. The fourth-order valence-electron chi connectivity index (χ4n) is 3.97. The molecule has 1 atom stereocenters. The zero-order valence-electron chi connectivity index (χ0n) is 17.8. The van der Waals surface area contributed by atoms with Gasteiger partial charge in [-0.2, -0.15) is 5.10 Å². The average molecular weight is 519 g/mol. The number of nitrogens with zero attached hydrogens (tertiary/aromatic N) is 4. The number of ether oxygens (including phenoxy) is 1. The van der Waals surface area contributed by atoms with E-state index in [2.05, 4.69) is 58.8 Å². The Balaban J connectivity index is 0.00000256. The molecule has 0 aliphatic carbocycles. The first-order valence-electron chi connectivity index (χ1n) is 10.2. The minimum atomic E-state index is 0. The summed E-state index contributed by atoms with van der Waals surface area (Å²) in [4.78, 5) is 7.29. The SMILES string of the molecule is CCNC(=NCc1ccc2cc(OC)ccc2c1)N1CCC(c2cnn(C)c2)C1.I. The van der Waals surface area contributed by atoms with E-state index < -0.39 is 0 Å². The highest BCUT2D eigenvalue weighted by molar-refractivity contribution is 14.0. The molecule has 1 saturated heterocycles. The lowest BCUT2D eigenvalue weighted by Gasteiger charge is -2.21. The normalized spacial score (nSPS) is 16.6. The van der Waals surface area contributed by atoms with Gasteiger partial charge in [-0.3, -0.25) is 4.68 Å². The molecule has 2 aromatic carbocycles. The molecular formula is C23H30IN5O. The lowest BCUT2D eigenvalue weighted by molar-refractivity contribution is 0.415. The van der Waals surface area contributed by atoms with Crippen LogP contribution in [-0.4, -0.2) is 47.4 Å². The van der Waals surface area contributed by atoms with Crippen LogP contribution in [0, 0.1) is 0 Å². The molecule has 2 heterocycles. The summed E-state index contributed by atoms with van der Waals surface area (Å²) in [5.41, 5.74) is 2.52.